The first-order valence-corrected chi connectivity index (χ1v) is 6.11. The first-order chi connectivity index (χ1) is 7.61. The van der Waals surface area contributed by atoms with E-state index in [9.17, 15) is 9.59 Å². The van der Waals surface area contributed by atoms with E-state index in [0.717, 1.165) is 12.8 Å². The molecule has 17 heavy (non-hydrogen) atoms. The standard InChI is InChI=1S/C9H19N4O2Se.BrH/c10-5-1-2-6-12-8(14)4-3-7(13-16)9(11)15;/h7,13H,1-6,10H2,(H2,11,15)(H,12,14);1H. The Hall–Kier alpha value is -0.141. The van der Waals surface area contributed by atoms with Gasteiger partial charge in [-0.3, -0.25) is 0 Å². The summed E-state index contributed by atoms with van der Waals surface area (Å²) in [5.74, 6) is -0.534. The van der Waals surface area contributed by atoms with Crippen LogP contribution in [0.3, 0.4) is 0 Å². The number of unbranched alkanes of at least 4 members (excludes halogenated alkanes) is 1. The molecular formula is C9H20BrN4O2Se. The molecule has 0 heterocycles. The number of nitrogens with two attached hydrogens (primary N) is 2. The van der Waals surface area contributed by atoms with Crippen molar-refractivity contribution in [2.45, 2.75) is 31.7 Å². The molecule has 0 aliphatic rings. The molecule has 1 unspecified atom stereocenters. The van der Waals surface area contributed by atoms with Crippen molar-refractivity contribution in [3.05, 3.63) is 0 Å². The van der Waals surface area contributed by atoms with Gasteiger partial charge in [-0.2, -0.15) is 0 Å². The van der Waals surface area contributed by atoms with E-state index >= 15 is 0 Å². The second kappa shape index (κ2) is 12.3. The molecule has 1 atom stereocenters. The number of amides is 2. The molecule has 6 N–H and O–H groups in total. The Morgan fingerprint density at radius 3 is 2.41 bits per heavy atom. The minimum atomic E-state index is -0.491. The fourth-order valence-corrected chi connectivity index (χ4v) is 1.61. The number of carbonyl (C=O) groups is 2. The third-order valence-electron chi connectivity index (χ3n) is 2.10. The van der Waals surface area contributed by atoms with Gasteiger partial charge >= 0.3 is 104 Å². The zero-order chi connectivity index (χ0) is 12.4. The van der Waals surface area contributed by atoms with Crippen LogP contribution in [0.4, 0.5) is 0 Å². The van der Waals surface area contributed by atoms with E-state index in [4.69, 9.17) is 11.5 Å². The summed E-state index contributed by atoms with van der Waals surface area (Å²) in [5, 5.41) is 2.75. The zero-order valence-corrected chi connectivity index (χ0v) is 13.0. The van der Waals surface area contributed by atoms with Crippen LogP contribution in [0.15, 0.2) is 0 Å². The predicted octanol–water partition coefficient (Wildman–Crippen LogP) is -1.27. The third-order valence-corrected chi connectivity index (χ3v) is 2.70. The fraction of sp³-hybridized carbons (Fsp3) is 0.778. The molecule has 1 radical (unpaired) electrons. The number of rotatable bonds is 9. The van der Waals surface area contributed by atoms with Crippen LogP contribution in [0.25, 0.3) is 0 Å². The Morgan fingerprint density at radius 2 is 1.94 bits per heavy atom. The number of hydrogen-bond donors (Lipinski definition) is 4. The summed E-state index contributed by atoms with van der Waals surface area (Å²) in [5.41, 5.74) is 10.4. The predicted molar refractivity (Wildman–Crippen MR) is 72.7 cm³/mol. The average Bonchev–Trinajstić information content (AvgIpc) is 2.25. The summed E-state index contributed by atoms with van der Waals surface area (Å²) in [6.07, 6.45) is 2.45. The molecule has 0 aromatic rings. The number of nitrogens with one attached hydrogen (secondary N) is 2. The van der Waals surface area contributed by atoms with Gasteiger partial charge in [-0.15, -0.1) is 17.0 Å². The van der Waals surface area contributed by atoms with Crippen molar-refractivity contribution in [2.75, 3.05) is 13.1 Å². The van der Waals surface area contributed by atoms with Crippen LogP contribution in [0, 0.1) is 0 Å². The summed E-state index contributed by atoms with van der Waals surface area (Å²) < 4.78 is 2.64. The van der Waals surface area contributed by atoms with Gasteiger partial charge in [0, 0.05) is 0 Å². The van der Waals surface area contributed by atoms with E-state index in [0.29, 0.717) is 19.5 Å². The molecule has 2 amide bonds. The van der Waals surface area contributed by atoms with E-state index in [2.05, 4.69) is 25.9 Å². The second-order valence-electron chi connectivity index (χ2n) is 3.46. The topological polar surface area (TPSA) is 110 Å². The van der Waals surface area contributed by atoms with Crippen LogP contribution in [0.2, 0.25) is 0 Å². The average molecular weight is 375 g/mol. The molecule has 8 heteroatoms. The van der Waals surface area contributed by atoms with Gasteiger partial charge in [-0.1, -0.05) is 0 Å². The van der Waals surface area contributed by atoms with Crippen molar-refractivity contribution < 1.29 is 9.59 Å². The Kier molecular flexibility index (Phi) is 13.9. The monoisotopic (exact) mass is 375 g/mol. The van der Waals surface area contributed by atoms with Gasteiger partial charge in [0.05, 0.1) is 0 Å². The summed E-state index contributed by atoms with van der Waals surface area (Å²) in [4.78, 5) is 22.2. The molecule has 0 saturated heterocycles. The van der Waals surface area contributed by atoms with E-state index in [-0.39, 0.29) is 29.3 Å². The number of primary amides is 1. The molecule has 101 valence electrons. The summed E-state index contributed by atoms with van der Waals surface area (Å²) in [7, 11) is 0. The maximum absolute atomic E-state index is 11.3. The first kappa shape index (κ1) is 19.2. The third kappa shape index (κ3) is 10.7. The summed E-state index contributed by atoms with van der Waals surface area (Å²) in [6.45, 7) is 1.26. The molecule has 0 aromatic heterocycles. The van der Waals surface area contributed by atoms with Crippen molar-refractivity contribution in [1.82, 2.24) is 9.65 Å². The molecule has 0 saturated carbocycles. The van der Waals surface area contributed by atoms with Gasteiger partial charge in [0.25, 0.3) is 0 Å². The quantitative estimate of drug-likeness (QED) is 0.298. The Morgan fingerprint density at radius 1 is 1.29 bits per heavy atom. The van der Waals surface area contributed by atoms with Crippen molar-refractivity contribution in [1.29, 1.82) is 0 Å². The summed E-state index contributed by atoms with van der Waals surface area (Å²) in [6, 6.07) is -0.491. The van der Waals surface area contributed by atoms with E-state index in [1.54, 1.807) is 0 Å². The van der Waals surface area contributed by atoms with Gasteiger partial charge in [0.15, 0.2) is 0 Å². The van der Waals surface area contributed by atoms with Crippen LogP contribution < -0.4 is 21.1 Å². The van der Waals surface area contributed by atoms with Crippen LogP contribution in [-0.4, -0.2) is 47.2 Å². The molecule has 0 rings (SSSR count). The molecular weight excluding hydrogens is 355 g/mol. The van der Waals surface area contributed by atoms with Crippen LogP contribution >= 0.6 is 17.0 Å². The number of carbonyl (C=O) groups excluding carboxylic acids is 2. The van der Waals surface area contributed by atoms with E-state index in [1.807, 2.05) is 0 Å². The normalized spacial score (nSPS) is 11.4. The van der Waals surface area contributed by atoms with Gasteiger partial charge < -0.3 is 0 Å². The Bertz CT molecular complexity index is 231. The Balaban J connectivity index is 0. The second-order valence-corrected chi connectivity index (χ2v) is 3.95. The first-order valence-electron chi connectivity index (χ1n) is 5.25. The zero-order valence-electron chi connectivity index (χ0n) is 9.61. The van der Waals surface area contributed by atoms with Gasteiger partial charge in [-0.25, -0.2) is 0 Å². The molecule has 0 aliphatic heterocycles. The van der Waals surface area contributed by atoms with Gasteiger partial charge in [-0.05, 0) is 0 Å². The Labute approximate surface area is 120 Å². The van der Waals surface area contributed by atoms with Crippen molar-refractivity contribution in [3.8, 4) is 0 Å². The number of hydrogen-bond acceptors (Lipinski definition) is 4. The van der Waals surface area contributed by atoms with E-state index < -0.39 is 11.9 Å². The van der Waals surface area contributed by atoms with Crippen LogP contribution in [0.5, 0.6) is 0 Å². The van der Waals surface area contributed by atoms with Crippen molar-refractivity contribution in [2.24, 2.45) is 11.5 Å². The summed E-state index contributed by atoms with van der Waals surface area (Å²) >= 11 is 2.51. The number of halogens is 1. The van der Waals surface area contributed by atoms with E-state index in [1.165, 1.54) is 0 Å². The van der Waals surface area contributed by atoms with Crippen LogP contribution in [-0.2, 0) is 9.59 Å². The SMILES string of the molecule is Br.NCCCCNC(=O)CCC(N[Se])C(N)=O. The van der Waals surface area contributed by atoms with Gasteiger partial charge in [0.2, 0.25) is 0 Å². The molecule has 0 fully saturated rings. The van der Waals surface area contributed by atoms with Crippen LogP contribution in [0.1, 0.15) is 25.7 Å². The molecule has 0 spiro atoms. The maximum atomic E-state index is 11.3. The van der Waals surface area contributed by atoms with Gasteiger partial charge in [0.1, 0.15) is 0 Å². The van der Waals surface area contributed by atoms with Crippen molar-refractivity contribution >= 4 is 45.0 Å². The minimum absolute atomic E-state index is 0. The van der Waals surface area contributed by atoms with Crippen molar-refractivity contribution in [3.63, 3.8) is 0 Å². The fourth-order valence-electron chi connectivity index (χ4n) is 1.12. The molecule has 0 aliphatic carbocycles. The molecule has 0 bridgehead atoms. The molecule has 6 nitrogen and oxygen atoms in total. The molecule has 0 aromatic carbocycles.